The number of benzene rings is 1. The summed E-state index contributed by atoms with van der Waals surface area (Å²) in [6.45, 7) is 4.52. The number of aryl methyl sites for hydroxylation is 1. The number of imidazole rings is 1. The van der Waals surface area contributed by atoms with E-state index in [-0.39, 0.29) is 18.3 Å². The second-order valence-corrected chi connectivity index (χ2v) is 6.76. The van der Waals surface area contributed by atoms with E-state index in [0.29, 0.717) is 18.8 Å². The molecule has 4 rings (SSSR count). The van der Waals surface area contributed by atoms with Gasteiger partial charge >= 0.3 is 0 Å². The van der Waals surface area contributed by atoms with Crippen LogP contribution in [0.15, 0.2) is 42.7 Å². The van der Waals surface area contributed by atoms with Crippen molar-refractivity contribution >= 4 is 35.3 Å². The maximum atomic E-state index is 13.4. The van der Waals surface area contributed by atoms with Crippen molar-refractivity contribution in [3.05, 3.63) is 42.7 Å². The SMILES string of the molecule is CCCn1c(NC(=O)C2(n3cccn3)CCNCC2)nc2ccccc21.Cl. The van der Waals surface area contributed by atoms with Gasteiger partial charge in [-0.25, -0.2) is 4.98 Å². The molecule has 0 aliphatic carbocycles. The van der Waals surface area contributed by atoms with E-state index in [0.717, 1.165) is 37.1 Å². The molecule has 2 N–H and O–H groups in total. The average molecular weight is 389 g/mol. The number of rotatable bonds is 5. The Hall–Kier alpha value is -2.38. The Kier molecular flexibility index (Phi) is 5.82. The number of anilines is 1. The Bertz CT molecular complexity index is 898. The van der Waals surface area contributed by atoms with Crippen LogP contribution in [-0.4, -0.2) is 38.3 Å². The number of carbonyl (C=O) groups excluding carboxylic acids is 1. The van der Waals surface area contributed by atoms with E-state index in [9.17, 15) is 4.79 Å². The Morgan fingerprint density at radius 3 is 2.74 bits per heavy atom. The Labute approximate surface area is 164 Å². The van der Waals surface area contributed by atoms with Crippen LogP contribution < -0.4 is 10.6 Å². The molecule has 1 aromatic carbocycles. The first-order chi connectivity index (χ1) is 12.7. The summed E-state index contributed by atoms with van der Waals surface area (Å²) in [5.74, 6) is 0.568. The van der Waals surface area contributed by atoms with Crippen molar-refractivity contribution in [1.29, 1.82) is 0 Å². The van der Waals surface area contributed by atoms with Crippen LogP contribution in [-0.2, 0) is 16.9 Å². The summed E-state index contributed by atoms with van der Waals surface area (Å²) in [5.41, 5.74) is 1.27. The minimum absolute atomic E-state index is 0. The number of aromatic nitrogens is 4. The molecular formula is C19H25ClN6O. The number of piperidine rings is 1. The lowest BCUT2D eigenvalue weighted by Crippen LogP contribution is -2.52. The number of hydrogen-bond acceptors (Lipinski definition) is 4. The molecule has 0 radical (unpaired) electrons. The van der Waals surface area contributed by atoms with Gasteiger partial charge < -0.3 is 9.88 Å². The van der Waals surface area contributed by atoms with Crippen LogP contribution in [0.25, 0.3) is 11.0 Å². The van der Waals surface area contributed by atoms with Crippen molar-refractivity contribution in [2.45, 2.75) is 38.3 Å². The van der Waals surface area contributed by atoms with Gasteiger partial charge in [0.25, 0.3) is 5.91 Å². The van der Waals surface area contributed by atoms with Gasteiger partial charge in [0.05, 0.1) is 11.0 Å². The maximum absolute atomic E-state index is 13.4. The quantitative estimate of drug-likeness (QED) is 0.704. The van der Waals surface area contributed by atoms with Crippen molar-refractivity contribution < 1.29 is 4.79 Å². The molecule has 1 saturated heterocycles. The Morgan fingerprint density at radius 1 is 1.26 bits per heavy atom. The maximum Gasteiger partial charge on any atom is 0.254 e. The normalized spacial score (nSPS) is 16.0. The first-order valence-electron chi connectivity index (χ1n) is 9.22. The molecule has 0 saturated carbocycles. The fourth-order valence-electron chi connectivity index (χ4n) is 3.76. The number of amides is 1. The summed E-state index contributed by atoms with van der Waals surface area (Å²) in [6.07, 6.45) is 5.98. The first-order valence-corrected chi connectivity index (χ1v) is 9.22. The summed E-state index contributed by atoms with van der Waals surface area (Å²) < 4.78 is 3.89. The Balaban J connectivity index is 0.00000210. The van der Waals surface area contributed by atoms with Crippen LogP contribution in [0.2, 0.25) is 0 Å². The zero-order valence-corrected chi connectivity index (χ0v) is 16.2. The smallest absolute Gasteiger partial charge is 0.254 e. The fourth-order valence-corrected chi connectivity index (χ4v) is 3.76. The topological polar surface area (TPSA) is 76.8 Å². The molecule has 3 aromatic rings. The van der Waals surface area contributed by atoms with Crippen LogP contribution in [0.4, 0.5) is 5.95 Å². The number of hydrogen-bond donors (Lipinski definition) is 2. The van der Waals surface area contributed by atoms with E-state index in [1.807, 2.05) is 36.5 Å². The van der Waals surface area contributed by atoms with Crippen LogP contribution in [0, 0.1) is 0 Å². The highest BCUT2D eigenvalue weighted by atomic mass is 35.5. The van der Waals surface area contributed by atoms with E-state index >= 15 is 0 Å². The molecule has 0 spiro atoms. The largest absolute Gasteiger partial charge is 0.317 e. The predicted octanol–water partition coefficient (Wildman–Crippen LogP) is 2.78. The van der Waals surface area contributed by atoms with E-state index in [4.69, 9.17) is 0 Å². The zero-order chi connectivity index (χ0) is 18.0. The van der Waals surface area contributed by atoms with E-state index in [2.05, 4.69) is 32.2 Å². The summed E-state index contributed by atoms with van der Waals surface area (Å²) in [4.78, 5) is 18.0. The highest BCUT2D eigenvalue weighted by Crippen LogP contribution is 2.29. The van der Waals surface area contributed by atoms with E-state index < -0.39 is 5.54 Å². The molecule has 1 fully saturated rings. The molecule has 2 aromatic heterocycles. The monoisotopic (exact) mass is 388 g/mol. The molecule has 7 nitrogen and oxygen atoms in total. The van der Waals surface area contributed by atoms with Gasteiger partial charge in [0.15, 0.2) is 0 Å². The molecule has 27 heavy (non-hydrogen) atoms. The molecule has 1 amide bonds. The predicted molar refractivity (Wildman–Crippen MR) is 108 cm³/mol. The van der Waals surface area contributed by atoms with Crippen LogP contribution in [0.5, 0.6) is 0 Å². The van der Waals surface area contributed by atoms with Crippen molar-refractivity contribution in [3.63, 3.8) is 0 Å². The van der Waals surface area contributed by atoms with Crippen molar-refractivity contribution in [2.24, 2.45) is 0 Å². The minimum atomic E-state index is -0.677. The van der Waals surface area contributed by atoms with E-state index in [1.54, 1.807) is 10.9 Å². The second-order valence-electron chi connectivity index (χ2n) is 6.76. The third kappa shape index (κ3) is 3.44. The lowest BCUT2D eigenvalue weighted by molar-refractivity contribution is -0.126. The summed E-state index contributed by atoms with van der Waals surface area (Å²) >= 11 is 0. The summed E-state index contributed by atoms with van der Waals surface area (Å²) in [6, 6.07) is 9.85. The number of halogens is 1. The third-order valence-corrected chi connectivity index (χ3v) is 5.12. The summed E-state index contributed by atoms with van der Waals surface area (Å²) in [7, 11) is 0. The number of nitrogens with zero attached hydrogens (tertiary/aromatic N) is 4. The van der Waals surface area contributed by atoms with Gasteiger partial charge in [-0.15, -0.1) is 12.4 Å². The number of fused-ring (bicyclic) bond motifs is 1. The van der Waals surface area contributed by atoms with Gasteiger partial charge in [-0.1, -0.05) is 19.1 Å². The molecule has 1 aliphatic heterocycles. The van der Waals surface area contributed by atoms with Gasteiger partial charge in [-0.2, -0.15) is 5.10 Å². The highest BCUT2D eigenvalue weighted by molar-refractivity contribution is 5.97. The van der Waals surface area contributed by atoms with Gasteiger partial charge in [-0.3, -0.25) is 14.8 Å². The average Bonchev–Trinajstić information content (AvgIpc) is 3.32. The molecule has 0 bridgehead atoms. The first kappa shape index (κ1) is 19.4. The van der Waals surface area contributed by atoms with Crippen molar-refractivity contribution in [2.75, 3.05) is 18.4 Å². The number of para-hydroxylation sites is 2. The summed E-state index contributed by atoms with van der Waals surface area (Å²) in [5, 5.41) is 10.8. The molecule has 0 unspecified atom stereocenters. The van der Waals surface area contributed by atoms with Crippen LogP contribution >= 0.6 is 12.4 Å². The second kappa shape index (κ2) is 8.10. The lowest BCUT2D eigenvalue weighted by Gasteiger charge is -2.36. The molecule has 0 atom stereocenters. The minimum Gasteiger partial charge on any atom is -0.317 e. The molecule has 1 aliphatic rings. The standard InChI is InChI=1S/C19H24N6O.ClH/c1-2-13-24-16-7-4-3-6-15(16)22-18(24)23-17(26)19(8-11-20-12-9-19)25-14-5-10-21-25;/h3-7,10,14,20H,2,8-9,11-13H2,1H3,(H,22,23,26);1H. The molecule has 8 heteroatoms. The van der Waals surface area contributed by atoms with Gasteiger partial charge in [0, 0.05) is 18.9 Å². The third-order valence-electron chi connectivity index (χ3n) is 5.12. The van der Waals surface area contributed by atoms with Crippen LogP contribution in [0.1, 0.15) is 26.2 Å². The zero-order valence-electron chi connectivity index (χ0n) is 15.4. The van der Waals surface area contributed by atoms with Gasteiger partial charge in [-0.05, 0) is 50.6 Å². The van der Waals surface area contributed by atoms with Crippen LogP contribution in [0.3, 0.4) is 0 Å². The lowest BCUT2D eigenvalue weighted by atomic mass is 9.87. The van der Waals surface area contributed by atoms with Crippen molar-refractivity contribution in [3.8, 4) is 0 Å². The fraction of sp³-hybridized carbons (Fsp3) is 0.421. The molecular weight excluding hydrogens is 364 g/mol. The molecule has 144 valence electrons. The Morgan fingerprint density at radius 2 is 2.04 bits per heavy atom. The number of nitrogens with one attached hydrogen (secondary N) is 2. The van der Waals surface area contributed by atoms with Gasteiger partial charge in [0.2, 0.25) is 5.95 Å². The molecule has 3 heterocycles. The van der Waals surface area contributed by atoms with Gasteiger partial charge in [0.1, 0.15) is 5.54 Å². The van der Waals surface area contributed by atoms with E-state index in [1.165, 1.54) is 0 Å². The van der Waals surface area contributed by atoms with Crippen molar-refractivity contribution in [1.82, 2.24) is 24.6 Å². The highest BCUT2D eigenvalue weighted by Gasteiger charge is 2.42. The number of carbonyl (C=O) groups is 1.